The van der Waals surface area contributed by atoms with Crippen molar-refractivity contribution < 1.29 is 14.3 Å². The average molecular weight is 468 g/mol. The first-order valence-electron chi connectivity index (χ1n) is 12.2. The summed E-state index contributed by atoms with van der Waals surface area (Å²) in [6.07, 6.45) is 9.28. The van der Waals surface area contributed by atoms with Crippen molar-refractivity contribution in [2.45, 2.75) is 63.1 Å². The lowest BCUT2D eigenvalue weighted by Gasteiger charge is -2.54. The molecule has 0 spiro atoms. The molecule has 0 aliphatic heterocycles. The van der Waals surface area contributed by atoms with E-state index in [1.165, 1.54) is 39.2 Å². The zero-order valence-electron chi connectivity index (χ0n) is 19.5. The second kappa shape index (κ2) is 9.53. The Morgan fingerprint density at radius 1 is 1.15 bits per heavy atom. The minimum Gasteiger partial charge on any atom is -0.465 e. The summed E-state index contributed by atoms with van der Waals surface area (Å²) >= 11 is 1.68. The molecule has 6 rings (SSSR count). The molecule has 176 valence electrons. The van der Waals surface area contributed by atoms with Crippen molar-refractivity contribution in [1.29, 1.82) is 0 Å². The van der Waals surface area contributed by atoms with Gasteiger partial charge in [0.05, 0.1) is 31.0 Å². The van der Waals surface area contributed by atoms with Crippen LogP contribution in [0.3, 0.4) is 0 Å². The van der Waals surface area contributed by atoms with Gasteiger partial charge in [-0.15, -0.1) is 11.8 Å². The monoisotopic (exact) mass is 467 g/mol. The second-order valence-electron chi connectivity index (χ2n) is 9.99. The first-order chi connectivity index (χ1) is 16.1. The summed E-state index contributed by atoms with van der Waals surface area (Å²) in [5.41, 5.74) is 2.14. The molecule has 4 fully saturated rings. The van der Waals surface area contributed by atoms with E-state index in [4.69, 9.17) is 4.74 Å². The lowest BCUT2D eigenvalue weighted by Crippen LogP contribution is -2.55. The van der Waals surface area contributed by atoms with Crippen molar-refractivity contribution in [2.24, 2.45) is 23.7 Å². The van der Waals surface area contributed by atoms with Gasteiger partial charge in [-0.25, -0.2) is 4.79 Å². The van der Waals surface area contributed by atoms with Gasteiger partial charge >= 0.3 is 5.97 Å². The summed E-state index contributed by atoms with van der Waals surface area (Å²) in [7, 11) is 1.39. The average Bonchev–Trinajstić information content (AvgIpc) is 3.21. The quantitative estimate of drug-likeness (QED) is 0.447. The SMILES string of the molecule is CCCSc1c(C(=O)NC2[C@H]3C[C@@H]4C[C@@H](C[C@H]2C4)C3)cnn1Cc1cccc(C(=O)OC)c1. The van der Waals surface area contributed by atoms with Crippen LogP contribution in [0.2, 0.25) is 0 Å². The van der Waals surface area contributed by atoms with Gasteiger partial charge in [0, 0.05) is 6.04 Å². The van der Waals surface area contributed by atoms with Crippen molar-refractivity contribution in [1.82, 2.24) is 15.1 Å². The third kappa shape index (κ3) is 4.57. The fraction of sp³-hybridized carbons (Fsp3) is 0.577. The number of hydrogen-bond acceptors (Lipinski definition) is 5. The van der Waals surface area contributed by atoms with E-state index in [2.05, 4.69) is 17.3 Å². The number of ether oxygens (including phenoxy) is 1. The molecule has 4 aliphatic rings. The van der Waals surface area contributed by atoms with E-state index >= 15 is 0 Å². The van der Waals surface area contributed by atoms with Crippen LogP contribution >= 0.6 is 11.8 Å². The fourth-order valence-electron chi connectivity index (χ4n) is 6.47. The summed E-state index contributed by atoms with van der Waals surface area (Å²) in [5.74, 6) is 3.65. The van der Waals surface area contributed by atoms with Crippen LogP contribution in [-0.4, -0.2) is 40.6 Å². The lowest BCUT2D eigenvalue weighted by atomic mass is 9.54. The van der Waals surface area contributed by atoms with E-state index in [9.17, 15) is 9.59 Å². The Hall–Kier alpha value is -2.28. The summed E-state index contributed by atoms with van der Waals surface area (Å²) in [4.78, 5) is 25.3. The van der Waals surface area contributed by atoms with Crippen LogP contribution in [0.25, 0.3) is 0 Å². The van der Waals surface area contributed by atoms with Gasteiger partial charge in [0.15, 0.2) is 0 Å². The van der Waals surface area contributed by atoms with E-state index in [1.807, 2.05) is 22.9 Å². The molecule has 1 aromatic carbocycles. The second-order valence-corrected chi connectivity index (χ2v) is 11.1. The highest BCUT2D eigenvalue weighted by Gasteiger charge is 2.48. The molecule has 0 radical (unpaired) electrons. The van der Waals surface area contributed by atoms with Crippen molar-refractivity contribution in [2.75, 3.05) is 12.9 Å². The lowest BCUT2D eigenvalue weighted by molar-refractivity contribution is -0.0120. The molecule has 1 aromatic heterocycles. The Bertz CT molecular complexity index is 1010. The summed E-state index contributed by atoms with van der Waals surface area (Å²) in [6.45, 7) is 2.64. The number of rotatable bonds is 8. The Kier molecular flexibility index (Phi) is 6.50. The highest BCUT2D eigenvalue weighted by atomic mass is 32.2. The minimum absolute atomic E-state index is 0.0145. The summed E-state index contributed by atoms with van der Waals surface area (Å²) in [5, 5.41) is 8.92. The number of esters is 1. The number of thioether (sulfide) groups is 1. The van der Waals surface area contributed by atoms with Crippen molar-refractivity contribution in [3.8, 4) is 0 Å². The Morgan fingerprint density at radius 3 is 2.55 bits per heavy atom. The number of carbonyl (C=O) groups excluding carboxylic acids is 2. The maximum Gasteiger partial charge on any atom is 0.337 e. The molecule has 0 saturated heterocycles. The van der Waals surface area contributed by atoms with Gasteiger partial charge < -0.3 is 10.1 Å². The van der Waals surface area contributed by atoms with Crippen molar-refractivity contribution in [3.05, 3.63) is 47.2 Å². The highest BCUT2D eigenvalue weighted by molar-refractivity contribution is 7.99. The molecular formula is C26H33N3O3S. The van der Waals surface area contributed by atoms with Crippen LogP contribution in [0.4, 0.5) is 0 Å². The minimum atomic E-state index is -0.353. The summed E-state index contributed by atoms with van der Waals surface area (Å²) < 4.78 is 6.74. The Morgan fingerprint density at radius 2 is 1.88 bits per heavy atom. The number of carbonyl (C=O) groups is 2. The predicted octanol–water partition coefficient (Wildman–Crippen LogP) is 4.77. The van der Waals surface area contributed by atoms with Crippen LogP contribution in [-0.2, 0) is 11.3 Å². The number of methoxy groups -OCH3 is 1. The standard InChI is InChI=1S/C26H33N3O3S/c1-3-7-33-25-22(14-27-29(25)15-16-5-4-6-19(9-16)26(31)32-2)24(30)28-23-20-10-17-8-18(12-20)13-21(23)11-17/h4-6,9,14,17-18,20-21,23H,3,7-8,10-13,15H2,1-2H3,(H,28,30)/t17-,18+,20-,21+,23?. The van der Waals surface area contributed by atoms with Gasteiger partial charge in [-0.2, -0.15) is 5.10 Å². The van der Waals surface area contributed by atoms with Crippen molar-refractivity contribution >= 4 is 23.6 Å². The zero-order chi connectivity index (χ0) is 22.9. The van der Waals surface area contributed by atoms with E-state index in [1.54, 1.807) is 24.0 Å². The Balaban J connectivity index is 1.35. The van der Waals surface area contributed by atoms with Gasteiger partial charge in [0.2, 0.25) is 0 Å². The Labute approximate surface area is 199 Å². The molecule has 4 saturated carbocycles. The summed E-state index contributed by atoms with van der Waals surface area (Å²) in [6, 6.07) is 7.71. The fourth-order valence-corrected chi connectivity index (χ4v) is 7.43. The predicted molar refractivity (Wildman–Crippen MR) is 128 cm³/mol. The highest BCUT2D eigenvalue weighted by Crippen LogP contribution is 2.53. The number of hydrogen-bond donors (Lipinski definition) is 1. The molecule has 1 amide bonds. The molecule has 1 heterocycles. The third-order valence-corrected chi connectivity index (χ3v) is 9.00. The van der Waals surface area contributed by atoms with E-state index in [0.717, 1.165) is 34.6 Å². The molecular weight excluding hydrogens is 434 g/mol. The normalized spacial score (nSPS) is 27.5. The van der Waals surface area contributed by atoms with Crippen LogP contribution in [0.5, 0.6) is 0 Å². The molecule has 4 bridgehead atoms. The van der Waals surface area contributed by atoms with E-state index < -0.39 is 0 Å². The van der Waals surface area contributed by atoms with Crippen LogP contribution in [0.1, 0.15) is 71.7 Å². The maximum atomic E-state index is 13.4. The number of benzene rings is 1. The molecule has 2 aromatic rings. The van der Waals surface area contributed by atoms with Crippen molar-refractivity contribution in [3.63, 3.8) is 0 Å². The van der Waals surface area contributed by atoms with Gasteiger partial charge in [0.25, 0.3) is 5.91 Å². The molecule has 6 nitrogen and oxygen atoms in total. The molecule has 7 heteroatoms. The molecule has 0 unspecified atom stereocenters. The van der Waals surface area contributed by atoms with Crippen LogP contribution in [0.15, 0.2) is 35.5 Å². The van der Waals surface area contributed by atoms with E-state index in [0.29, 0.717) is 35.5 Å². The largest absolute Gasteiger partial charge is 0.465 e. The molecule has 1 N–H and O–H groups in total. The van der Waals surface area contributed by atoms with Gasteiger partial charge in [0.1, 0.15) is 5.03 Å². The van der Waals surface area contributed by atoms with Gasteiger partial charge in [-0.1, -0.05) is 19.1 Å². The zero-order valence-corrected chi connectivity index (χ0v) is 20.3. The number of amides is 1. The number of aromatic nitrogens is 2. The van der Waals surface area contributed by atoms with Gasteiger partial charge in [-0.3, -0.25) is 9.48 Å². The first kappa shape index (κ1) is 22.5. The van der Waals surface area contributed by atoms with Crippen LogP contribution < -0.4 is 5.32 Å². The topological polar surface area (TPSA) is 73.2 Å². The molecule has 33 heavy (non-hydrogen) atoms. The van der Waals surface area contributed by atoms with Gasteiger partial charge in [-0.05, 0) is 85.6 Å². The maximum absolute atomic E-state index is 13.4. The van der Waals surface area contributed by atoms with E-state index in [-0.39, 0.29) is 11.9 Å². The number of nitrogens with zero attached hydrogens (tertiary/aromatic N) is 2. The first-order valence-corrected chi connectivity index (χ1v) is 13.2. The molecule has 0 atom stereocenters. The number of nitrogens with one attached hydrogen (secondary N) is 1. The smallest absolute Gasteiger partial charge is 0.337 e. The molecule has 4 aliphatic carbocycles. The van der Waals surface area contributed by atoms with Crippen LogP contribution in [0, 0.1) is 23.7 Å². The third-order valence-electron chi connectivity index (χ3n) is 7.68.